The van der Waals surface area contributed by atoms with Gasteiger partial charge >= 0.3 is 0 Å². The van der Waals surface area contributed by atoms with E-state index >= 15 is 0 Å². The number of ether oxygens (including phenoxy) is 1. The molecule has 6 nitrogen and oxygen atoms in total. The van der Waals surface area contributed by atoms with Crippen LogP contribution in [0.5, 0.6) is 0 Å². The standard InChI is InChI=1S/C19H24N4O2/c1-25-13-18-21-20-17-11-15-8-9-16(12-22(17)18)23(15)19(24)10-7-14-5-3-2-4-6-14/h2-6,15-16H,7-13H2,1H3/t15-,16+/m0/s1. The van der Waals surface area contributed by atoms with Crippen LogP contribution < -0.4 is 0 Å². The van der Waals surface area contributed by atoms with Gasteiger partial charge in [-0.25, -0.2) is 0 Å². The van der Waals surface area contributed by atoms with E-state index in [1.165, 1.54) is 5.56 Å². The quantitative estimate of drug-likeness (QED) is 0.835. The molecule has 2 aromatic rings. The second kappa shape index (κ2) is 6.96. The molecule has 2 bridgehead atoms. The molecule has 3 heterocycles. The molecule has 25 heavy (non-hydrogen) atoms. The van der Waals surface area contributed by atoms with Crippen LogP contribution in [0.1, 0.15) is 36.5 Å². The highest BCUT2D eigenvalue weighted by Crippen LogP contribution is 2.32. The summed E-state index contributed by atoms with van der Waals surface area (Å²) in [5.41, 5.74) is 1.22. The molecular weight excluding hydrogens is 316 g/mol. The summed E-state index contributed by atoms with van der Waals surface area (Å²) in [4.78, 5) is 15.1. The van der Waals surface area contributed by atoms with Crippen molar-refractivity contribution >= 4 is 5.91 Å². The van der Waals surface area contributed by atoms with E-state index in [1.807, 2.05) is 18.2 Å². The van der Waals surface area contributed by atoms with E-state index in [2.05, 4.69) is 31.8 Å². The molecule has 132 valence electrons. The maximum absolute atomic E-state index is 12.9. The van der Waals surface area contributed by atoms with Crippen molar-refractivity contribution in [3.05, 3.63) is 47.5 Å². The molecule has 1 aromatic carbocycles. The van der Waals surface area contributed by atoms with Crippen LogP contribution in [0.25, 0.3) is 0 Å². The Morgan fingerprint density at radius 1 is 1.20 bits per heavy atom. The Bertz CT molecular complexity index is 743. The number of rotatable bonds is 5. The molecule has 1 saturated heterocycles. The van der Waals surface area contributed by atoms with Gasteiger partial charge in [0.15, 0.2) is 5.82 Å². The Balaban J connectivity index is 1.47. The largest absolute Gasteiger partial charge is 0.377 e. The maximum atomic E-state index is 12.9. The molecular formula is C19H24N4O2. The predicted octanol–water partition coefficient (Wildman–Crippen LogP) is 1.97. The van der Waals surface area contributed by atoms with Crippen LogP contribution in [-0.2, 0) is 35.5 Å². The second-order valence-corrected chi connectivity index (χ2v) is 6.95. The lowest BCUT2D eigenvalue weighted by Gasteiger charge is -2.28. The van der Waals surface area contributed by atoms with Crippen LogP contribution in [0.4, 0.5) is 0 Å². The Hall–Kier alpha value is -2.21. The molecule has 0 aliphatic carbocycles. The minimum Gasteiger partial charge on any atom is -0.377 e. The smallest absolute Gasteiger partial charge is 0.223 e. The highest BCUT2D eigenvalue weighted by Gasteiger charge is 2.40. The third-order valence-corrected chi connectivity index (χ3v) is 5.37. The molecule has 2 aliphatic rings. The van der Waals surface area contributed by atoms with Crippen molar-refractivity contribution in [3.8, 4) is 0 Å². The van der Waals surface area contributed by atoms with Crippen molar-refractivity contribution in [2.75, 3.05) is 7.11 Å². The molecule has 0 spiro atoms. The minimum atomic E-state index is 0.251. The van der Waals surface area contributed by atoms with Crippen molar-refractivity contribution in [1.82, 2.24) is 19.7 Å². The number of benzene rings is 1. The van der Waals surface area contributed by atoms with Crippen LogP contribution >= 0.6 is 0 Å². The monoisotopic (exact) mass is 340 g/mol. The molecule has 0 unspecified atom stereocenters. The summed E-state index contributed by atoms with van der Waals surface area (Å²) in [6.45, 7) is 1.25. The number of hydrogen-bond donors (Lipinski definition) is 0. The number of fused-ring (bicyclic) bond motifs is 3. The van der Waals surface area contributed by atoms with E-state index in [0.717, 1.165) is 43.9 Å². The highest BCUT2D eigenvalue weighted by atomic mass is 16.5. The number of aromatic nitrogens is 3. The van der Waals surface area contributed by atoms with Gasteiger partial charge in [-0.1, -0.05) is 30.3 Å². The number of methoxy groups -OCH3 is 1. The van der Waals surface area contributed by atoms with Crippen LogP contribution in [0.2, 0.25) is 0 Å². The normalized spacial score (nSPS) is 21.9. The van der Waals surface area contributed by atoms with E-state index < -0.39 is 0 Å². The average Bonchev–Trinajstić information content (AvgIpc) is 3.14. The lowest BCUT2D eigenvalue weighted by molar-refractivity contribution is -0.134. The summed E-state index contributed by atoms with van der Waals surface area (Å²) >= 11 is 0. The molecule has 1 amide bonds. The fourth-order valence-corrected chi connectivity index (χ4v) is 4.16. The maximum Gasteiger partial charge on any atom is 0.223 e. The highest BCUT2D eigenvalue weighted by molar-refractivity contribution is 5.77. The van der Waals surface area contributed by atoms with Crippen molar-refractivity contribution < 1.29 is 9.53 Å². The summed E-state index contributed by atoms with van der Waals surface area (Å²) in [6.07, 6.45) is 4.30. The summed E-state index contributed by atoms with van der Waals surface area (Å²) in [5.74, 6) is 2.12. The molecule has 1 aromatic heterocycles. The van der Waals surface area contributed by atoms with Crippen LogP contribution in [0.15, 0.2) is 30.3 Å². The average molecular weight is 340 g/mol. The van der Waals surface area contributed by atoms with E-state index in [9.17, 15) is 4.79 Å². The molecule has 2 aliphatic heterocycles. The van der Waals surface area contributed by atoms with Crippen molar-refractivity contribution in [1.29, 1.82) is 0 Å². The lowest BCUT2D eigenvalue weighted by Crippen LogP contribution is -2.42. The molecule has 6 heteroatoms. The second-order valence-electron chi connectivity index (χ2n) is 6.95. The van der Waals surface area contributed by atoms with Gasteiger partial charge < -0.3 is 14.2 Å². The number of aryl methyl sites for hydroxylation is 1. The van der Waals surface area contributed by atoms with Gasteiger partial charge in [-0.15, -0.1) is 10.2 Å². The number of amides is 1. The first-order valence-corrected chi connectivity index (χ1v) is 9.01. The number of nitrogens with zero attached hydrogens (tertiary/aromatic N) is 4. The van der Waals surface area contributed by atoms with Gasteiger partial charge in [0.05, 0.1) is 6.04 Å². The molecule has 0 N–H and O–H groups in total. The number of carbonyl (C=O) groups is 1. The van der Waals surface area contributed by atoms with Crippen molar-refractivity contribution in [3.63, 3.8) is 0 Å². The fourth-order valence-electron chi connectivity index (χ4n) is 4.16. The molecule has 0 radical (unpaired) electrons. The van der Waals surface area contributed by atoms with Gasteiger partial charge in [-0.3, -0.25) is 4.79 Å². The van der Waals surface area contributed by atoms with Crippen LogP contribution in [0, 0.1) is 0 Å². The third kappa shape index (κ3) is 3.18. The summed E-state index contributed by atoms with van der Waals surface area (Å²) in [6, 6.07) is 10.7. The zero-order valence-corrected chi connectivity index (χ0v) is 14.6. The summed E-state index contributed by atoms with van der Waals surface area (Å²) < 4.78 is 7.39. The molecule has 0 saturated carbocycles. The third-order valence-electron chi connectivity index (χ3n) is 5.37. The van der Waals surface area contributed by atoms with Crippen molar-refractivity contribution in [2.24, 2.45) is 0 Å². The first-order chi connectivity index (χ1) is 12.3. The fraction of sp³-hybridized carbons (Fsp3) is 0.526. The Morgan fingerprint density at radius 2 is 2.00 bits per heavy atom. The van der Waals surface area contributed by atoms with Crippen molar-refractivity contribution in [2.45, 2.75) is 57.3 Å². The lowest BCUT2D eigenvalue weighted by atomic mass is 10.1. The zero-order chi connectivity index (χ0) is 17.2. The van der Waals surface area contributed by atoms with Gasteiger partial charge in [0.2, 0.25) is 5.91 Å². The first kappa shape index (κ1) is 16.3. The van der Waals surface area contributed by atoms with E-state index in [-0.39, 0.29) is 18.0 Å². The van der Waals surface area contributed by atoms with Crippen LogP contribution in [-0.4, -0.2) is 44.8 Å². The topological polar surface area (TPSA) is 60.3 Å². The zero-order valence-electron chi connectivity index (χ0n) is 14.6. The van der Waals surface area contributed by atoms with E-state index in [1.54, 1.807) is 7.11 Å². The Kier molecular flexibility index (Phi) is 4.53. The van der Waals surface area contributed by atoms with Gasteiger partial charge in [-0.05, 0) is 24.8 Å². The van der Waals surface area contributed by atoms with Gasteiger partial charge in [0.25, 0.3) is 0 Å². The van der Waals surface area contributed by atoms with E-state index in [0.29, 0.717) is 13.0 Å². The molecule has 2 atom stereocenters. The molecule has 1 fully saturated rings. The van der Waals surface area contributed by atoms with E-state index in [4.69, 9.17) is 4.74 Å². The Labute approximate surface area is 147 Å². The SMILES string of the molecule is COCc1nnc2n1C[C@H]1CC[C@@H](C2)N1C(=O)CCc1ccccc1. The van der Waals surface area contributed by atoms with Gasteiger partial charge in [-0.2, -0.15) is 0 Å². The molecule has 4 rings (SSSR count). The summed E-state index contributed by atoms with van der Waals surface area (Å²) in [7, 11) is 1.67. The number of hydrogen-bond acceptors (Lipinski definition) is 4. The number of carbonyl (C=O) groups excluding carboxylic acids is 1. The summed E-state index contributed by atoms with van der Waals surface area (Å²) in [5, 5.41) is 8.59. The predicted molar refractivity (Wildman–Crippen MR) is 92.9 cm³/mol. The Morgan fingerprint density at radius 3 is 2.80 bits per heavy atom. The van der Waals surface area contributed by atoms with Gasteiger partial charge in [0.1, 0.15) is 12.4 Å². The minimum absolute atomic E-state index is 0.251. The van der Waals surface area contributed by atoms with Crippen LogP contribution in [0.3, 0.4) is 0 Å². The van der Waals surface area contributed by atoms with Gasteiger partial charge in [0, 0.05) is 32.5 Å². The first-order valence-electron chi connectivity index (χ1n) is 9.01.